The third-order valence-electron chi connectivity index (χ3n) is 5.87. The summed E-state index contributed by atoms with van der Waals surface area (Å²) in [7, 11) is 1.94. The van der Waals surface area contributed by atoms with Crippen molar-refractivity contribution in [1.82, 2.24) is 20.0 Å². The number of carbonyl (C=O) groups is 2. The van der Waals surface area contributed by atoms with Crippen LogP contribution in [0.25, 0.3) is 0 Å². The number of carbonyl (C=O) groups excluding carboxylic acids is 1. The number of likely N-dealkylation sites (tertiary alicyclic amines) is 1. The summed E-state index contributed by atoms with van der Waals surface area (Å²) in [6.07, 6.45) is 7.62. The van der Waals surface area contributed by atoms with Gasteiger partial charge in [0.25, 0.3) is 0 Å². The molecule has 2 atom stereocenters. The lowest BCUT2D eigenvalue weighted by molar-refractivity contribution is -0.143. The van der Waals surface area contributed by atoms with Crippen LogP contribution in [0.2, 0.25) is 0 Å². The SMILES string of the molecule is Cn1nc2c(c1CNC(=O)C1CCC(C(=O)O)N1C1CC1)CCCC2. The van der Waals surface area contributed by atoms with Crippen LogP contribution < -0.4 is 5.32 Å². The van der Waals surface area contributed by atoms with Gasteiger partial charge in [0.2, 0.25) is 5.91 Å². The summed E-state index contributed by atoms with van der Waals surface area (Å²) in [6, 6.07) is -0.547. The number of carboxylic acids is 1. The van der Waals surface area contributed by atoms with Gasteiger partial charge >= 0.3 is 5.97 Å². The Morgan fingerprint density at radius 2 is 1.88 bits per heavy atom. The molecule has 2 aliphatic carbocycles. The standard InChI is InChI=1S/C18H26N4O3/c1-21-16(12-4-2-3-5-13(12)20-21)10-19-17(23)14-8-9-15(18(24)25)22(14)11-6-7-11/h11,14-15H,2-10H2,1H3,(H,19,23)(H,24,25). The normalized spacial score (nSPS) is 26.4. The first-order valence-corrected chi connectivity index (χ1v) is 9.38. The third kappa shape index (κ3) is 3.05. The Labute approximate surface area is 147 Å². The van der Waals surface area contributed by atoms with Gasteiger partial charge in [-0.2, -0.15) is 5.10 Å². The van der Waals surface area contributed by atoms with Crippen molar-refractivity contribution in [3.8, 4) is 0 Å². The molecular formula is C18H26N4O3. The van der Waals surface area contributed by atoms with Crippen molar-refractivity contribution >= 4 is 11.9 Å². The number of aryl methyl sites for hydroxylation is 2. The molecule has 136 valence electrons. The van der Waals surface area contributed by atoms with E-state index in [1.165, 1.54) is 24.1 Å². The zero-order chi connectivity index (χ0) is 17.6. The maximum atomic E-state index is 12.8. The van der Waals surface area contributed by atoms with Gasteiger partial charge in [-0.15, -0.1) is 0 Å². The number of nitrogens with one attached hydrogen (secondary N) is 1. The number of rotatable bonds is 5. The molecule has 1 aromatic heterocycles. The Hall–Kier alpha value is -1.89. The smallest absolute Gasteiger partial charge is 0.320 e. The van der Waals surface area contributed by atoms with Crippen molar-refractivity contribution < 1.29 is 14.7 Å². The molecule has 0 radical (unpaired) electrons. The maximum Gasteiger partial charge on any atom is 0.320 e. The molecule has 2 N–H and O–H groups in total. The summed E-state index contributed by atoms with van der Waals surface area (Å²) in [6.45, 7) is 0.477. The van der Waals surface area contributed by atoms with Gasteiger partial charge in [-0.05, 0) is 56.9 Å². The monoisotopic (exact) mass is 346 g/mol. The van der Waals surface area contributed by atoms with Crippen LogP contribution in [0.15, 0.2) is 0 Å². The fourth-order valence-corrected chi connectivity index (χ4v) is 4.49. The van der Waals surface area contributed by atoms with Crippen LogP contribution in [0, 0.1) is 0 Å². The van der Waals surface area contributed by atoms with E-state index in [0.717, 1.165) is 31.4 Å². The van der Waals surface area contributed by atoms with Crippen LogP contribution in [-0.2, 0) is 36.0 Å². The highest BCUT2D eigenvalue weighted by molar-refractivity contribution is 5.84. The van der Waals surface area contributed by atoms with Crippen LogP contribution in [0.5, 0.6) is 0 Å². The molecule has 0 bridgehead atoms. The lowest BCUT2D eigenvalue weighted by Gasteiger charge is -2.27. The molecule has 4 rings (SSSR count). The van der Waals surface area contributed by atoms with Crippen molar-refractivity contribution in [3.05, 3.63) is 17.0 Å². The highest BCUT2D eigenvalue weighted by Crippen LogP contribution is 2.37. The van der Waals surface area contributed by atoms with Crippen LogP contribution >= 0.6 is 0 Å². The summed E-state index contributed by atoms with van der Waals surface area (Å²) in [5.41, 5.74) is 3.56. The molecule has 0 spiro atoms. The van der Waals surface area contributed by atoms with Crippen molar-refractivity contribution in [2.24, 2.45) is 7.05 Å². The van der Waals surface area contributed by atoms with E-state index in [9.17, 15) is 14.7 Å². The van der Waals surface area contributed by atoms with Gasteiger partial charge in [0.15, 0.2) is 0 Å². The van der Waals surface area contributed by atoms with Crippen molar-refractivity contribution in [2.75, 3.05) is 0 Å². The van der Waals surface area contributed by atoms with Gasteiger partial charge < -0.3 is 10.4 Å². The summed E-state index contributed by atoms with van der Waals surface area (Å²) in [5, 5.41) is 17.1. The quantitative estimate of drug-likeness (QED) is 0.830. The molecule has 2 unspecified atom stereocenters. The van der Waals surface area contributed by atoms with Crippen molar-refractivity contribution in [3.63, 3.8) is 0 Å². The Morgan fingerprint density at radius 3 is 2.60 bits per heavy atom. The largest absolute Gasteiger partial charge is 0.480 e. The molecule has 1 saturated heterocycles. The first-order valence-electron chi connectivity index (χ1n) is 9.38. The summed E-state index contributed by atoms with van der Waals surface area (Å²) in [5.74, 6) is -0.843. The number of hydrogen-bond donors (Lipinski definition) is 2. The van der Waals surface area contributed by atoms with E-state index in [1.807, 2.05) is 16.6 Å². The first kappa shape index (κ1) is 16.6. The number of carboxylic acid groups (broad SMARTS) is 1. The number of amides is 1. The van der Waals surface area contributed by atoms with Gasteiger partial charge in [0.05, 0.1) is 24.0 Å². The van der Waals surface area contributed by atoms with Crippen LogP contribution in [0.1, 0.15) is 55.5 Å². The fourth-order valence-electron chi connectivity index (χ4n) is 4.49. The molecule has 2 fully saturated rings. The predicted molar refractivity (Wildman–Crippen MR) is 91.0 cm³/mol. The number of nitrogens with zero attached hydrogens (tertiary/aromatic N) is 3. The average Bonchev–Trinajstić information content (AvgIpc) is 3.24. The minimum Gasteiger partial charge on any atom is -0.480 e. The molecular weight excluding hydrogens is 320 g/mol. The number of hydrogen-bond acceptors (Lipinski definition) is 4. The molecule has 1 aromatic rings. The minimum atomic E-state index is -0.803. The molecule has 1 amide bonds. The van der Waals surface area contributed by atoms with E-state index in [-0.39, 0.29) is 18.0 Å². The van der Waals surface area contributed by atoms with E-state index in [2.05, 4.69) is 10.4 Å². The van der Waals surface area contributed by atoms with E-state index in [1.54, 1.807) is 0 Å². The zero-order valence-corrected chi connectivity index (χ0v) is 14.7. The summed E-state index contributed by atoms with van der Waals surface area (Å²) < 4.78 is 1.89. The van der Waals surface area contributed by atoms with Gasteiger partial charge in [0.1, 0.15) is 6.04 Å². The lowest BCUT2D eigenvalue weighted by atomic mass is 9.96. The average molecular weight is 346 g/mol. The number of fused-ring (bicyclic) bond motifs is 1. The first-order chi connectivity index (χ1) is 12.1. The van der Waals surface area contributed by atoms with E-state index in [4.69, 9.17) is 0 Å². The molecule has 2 heterocycles. The van der Waals surface area contributed by atoms with Crippen LogP contribution in [0.4, 0.5) is 0 Å². The second-order valence-corrected chi connectivity index (χ2v) is 7.55. The predicted octanol–water partition coefficient (Wildman–Crippen LogP) is 0.995. The second-order valence-electron chi connectivity index (χ2n) is 7.55. The molecule has 7 heteroatoms. The maximum absolute atomic E-state index is 12.8. The van der Waals surface area contributed by atoms with E-state index < -0.39 is 12.0 Å². The number of aliphatic carboxylic acids is 1. The van der Waals surface area contributed by atoms with E-state index in [0.29, 0.717) is 19.4 Å². The molecule has 25 heavy (non-hydrogen) atoms. The molecule has 0 aromatic carbocycles. The molecule has 7 nitrogen and oxygen atoms in total. The van der Waals surface area contributed by atoms with Crippen LogP contribution in [-0.4, -0.2) is 49.8 Å². The minimum absolute atomic E-state index is 0.0404. The Bertz CT molecular complexity index is 695. The summed E-state index contributed by atoms with van der Waals surface area (Å²) >= 11 is 0. The van der Waals surface area contributed by atoms with E-state index >= 15 is 0 Å². The Morgan fingerprint density at radius 1 is 1.16 bits per heavy atom. The number of aromatic nitrogens is 2. The van der Waals surface area contributed by atoms with Crippen molar-refractivity contribution in [2.45, 2.75) is 76.0 Å². The second kappa shape index (κ2) is 6.44. The lowest BCUT2D eigenvalue weighted by Crippen LogP contribution is -2.49. The third-order valence-corrected chi connectivity index (χ3v) is 5.87. The van der Waals surface area contributed by atoms with Gasteiger partial charge in [-0.25, -0.2) is 0 Å². The van der Waals surface area contributed by atoms with Gasteiger partial charge in [-0.1, -0.05) is 0 Å². The van der Waals surface area contributed by atoms with Gasteiger partial charge in [-0.3, -0.25) is 19.2 Å². The van der Waals surface area contributed by atoms with Crippen molar-refractivity contribution in [1.29, 1.82) is 0 Å². The zero-order valence-electron chi connectivity index (χ0n) is 14.7. The molecule has 1 aliphatic heterocycles. The summed E-state index contributed by atoms with van der Waals surface area (Å²) in [4.78, 5) is 26.2. The van der Waals surface area contributed by atoms with Crippen LogP contribution in [0.3, 0.4) is 0 Å². The Kier molecular flexibility index (Phi) is 4.27. The Balaban J connectivity index is 1.44. The van der Waals surface area contributed by atoms with Gasteiger partial charge in [0, 0.05) is 13.1 Å². The molecule has 3 aliphatic rings. The highest BCUT2D eigenvalue weighted by atomic mass is 16.4. The fraction of sp³-hybridized carbons (Fsp3) is 0.722. The topological polar surface area (TPSA) is 87.5 Å². The molecule has 1 saturated carbocycles. The highest BCUT2D eigenvalue weighted by Gasteiger charge is 2.48.